The number of hydrogen-bond donors (Lipinski definition) is 0. The highest BCUT2D eigenvalue weighted by Crippen LogP contribution is 2.26. The van der Waals surface area contributed by atoms with Crippen LogP contribution in [0.2, 0.25) is 0 Å². The van der Waals surface area contributed by atoms with Crippen LogP contribution in [0.25, 0.3) is 10.8 Å². The van der Waals surface area contributed by atoms with Crippen LogP contribution in [-0.4, -0.2) is 19.7 Å². The molecule has 0 aliphatic heterocycles. The number of esters is 1. The smallest absolute Gasteiger partial charge is 0.341 e. The Labute approximate surface area is 117 Å². The molecule has 2 rings (SSSR count). The van der Waals surface area contributed by atoms with E-state index in [-0.39, 0.29) is 6.61 Å². The molecule has 0 unspecified atom stereocenters. The van der Waals surface area contributed by atoms with Crippen LogP contribution in [-0.2, 0) is 4.74 Å². The van der Waals surface area contributed by atoms with Crippen LogP contribution in [0.15, 0.2) is 36.4 Å². The van der Waals surface area contributed by atoms with Crippen LogP contribution < -0.4 is 4.74 Å². The lowest BCUT2D eigenvalue weighted by atomic mass is 10.1. The molecule has 0 spiro atoms. The Balaban J connectivity index is 2.23. The van der Waals surface area contributed by atoms with Crippen molar-refractivity contribution in [3.8, 4) is 11.8 Å². The molecule has 2 aromatic rings. The predicted octanol–water partition coefficient (Wildman–Crippen LogP) is 3.31. The number of hydrogen-bond acceptors (Lipinski definition) is 4. The molecule has 4 nitrogen and oxygen atoms in total. The third-order valence-corrected chi connectivity index (χ3v) is 2.95. The predicted molar refractivity (Wildman–Crippen MR) is 75.6 cm³/mol. The number of fused-ring (bicyclic) bond motifs is 1. The Morgan fingerprint density at radius 1 is 1.25 bits per heavy atom. The molecule has 0 saturated carbocycles. The molecule has 0 N–H and O–H groups in total. The fraction of sp³-hybridized carbons (Fsp3) is 0.250. The zero-order valence-corrected chi connectivity index (χ0v) is 11.3. The van der Waals surface area contributed by atoms with Crippen molar-refractivity contribution in [1.29, 1.82) is 5.26 Å². The average molecular weight is 269 g/mol. The van der Waals surface area contributed by atoms with Gasteiger partial charge in [-0.15, -0.1) is 0 Å². The molecule has 2 aromatic carbocycles. The average Bonchev–Trinajstić information content (AvgIpc) is 2.50. The Morgan fingerprint density at radius 2 is 1.95 bits per heavy atom. The Morgan fingerprint density at radius 3 is 2.60 bits per heavy atom. The van der Waals surface area contributed by atoms with Crippen molar-refractivity contribution in [2.24, 2.45) is 0 Å². The summed E-state index contributed by atoms with van der Waals surface area (Å²) in [4.78, 5) is 12.0. The second-order valence-corrected chi connectivity index (χ2v) is 4.30. The minimum atomic E-state index is -0.425. The minimum Gasteiger partial charge on any atom is -0.496 e. The maximum Gasteiger partial charge on any atom is 0.341 e. The third kappa shape index (κ3) is 3.07. The molecule has 0 saturated heterocycles. The van der Waals surface area contributed by atoms with Gasteiger partial charge >= 0.3 is 5.97 Å². The van der Waals surface area contributed by atoms with Crippen molar-refractivity contribution < 1.29 is 14.3 Å². The quantitative estimate of drug-likeness (QED) is 0.617. The van der Waals surface area contributed by atoms with Gasteiger partial charge in [0.05, 0.1) is 19.8 Å². The van der Waals surface area contributed by atoms with E-state index in [1.165, 1.54) is 7.11 Å². The first-order valence-corrected chi connectivity index (χ1v) is 6.37. The molecular weight excluding hydrogens is 254 g/mol. The van der Waals surface area contributed by atoms with Gasteiger partial charge in [-0.1, -0.05) is 24.3 Å². The number of unbranched alkanes of at least 4 members (excludes halogenated alkanes) is 1. The summed E-state index contributed by atoms with van der Waals surface area (Å²) in [6.45, 7) is 0.238. The summed E-state index contributed by atoms with van der Waals surface area (Å²) in [5.74, 6) is 0.0690. The number of ether oxygens (including phenoxy) is 2. The molecule has 102 valence electrons. The zero-order valence-electron chi connectivity index (χ0n) is 11.3. The largest absolute Gasteiger partial charge is 0.496 e. The number of carbonyl (C=O) groups is 1. The summed E-state index contributed by atoms with van der Waals surface area (Å²) >= 11 is 0. The molecule has 0 atom stereocenters. The van der Waals surface area contributed by atoms with Crippen molar-refractivity contribution in [2.75, 3.05) is 13.7 Å². The monoisotopic (exact) mass is 269 g/mol. The van der Waals surface area contributed by atoms with E-state index in [4.69, 9.17) is 14.7 Å². The Bertz CT molecular complexity index is 658. The van der Waals surface area contributed by atoms with Gasteiger partial charge < -0.3 is 9.47 Å². The molecule has 0 amide bonds. The van der Waals surface area contributed by atoms with Crippen LogP contribution in [0.1, 0.15) is 23.2 Å². The van der Waals surface area contributed by atoms with Crippen molar-refractivity contribution in [1.82, 2.24) is 0 Å². The number of benzene rings is 2. The van der Waals surface area contributed by atoms with Crippen LogP contribution in [0.3, 0.4) is 0 Å². The number of nitriles is 1. The number of nitrogens with zero attached hydrogens (tertiary/aromatic N) is 1. The van der Waals surface area contributed by atoms with E-state index < -0.39 is 5.97 Å². The van der Waals surface area contributed by atoms with Gasteiger partial charge in [-0.25, -0.2) is 4.79 Å². The van der Waals surface area contributed by atoms with Gasteiger partial charge in [-0.05, 0) is 29.3 Å². The molecule has 0 aliphatic carbocycles. The van der Waals surface area contributed by atoms with Gasteiger partial charge in [0.2, 0.25) is 0 Å². The molecular formula is C16H15NO3. The van der Waals surface area contributed by atoms with E-state index in [2.05, 4.69) is 0 Å². The lowest BCUT2D eigenvalue weighted by Crippen LogP contribution is -2.08. The van der Waals surface area contributed by atoms with E-state index >= 15 is 0 Å². The zero-order chi connectivity index (χ0) is 14.4. The molecule has 0 heterocycles. The van der Waals surface area contributed by atoms with Gasteiger partial charge in [-0.2, -0.15) is 5.26 Å². The summed E-state index contributed by atoms with van der Waals surface area (Å²) in [5.41, 5.74) is 0.406. The SMILES string of the molecule is COc1cc2ccccc2cc1C(=O)OCCCC#N. The Hall–Kier alpha value is -2.54. The fourth-order valence-electron chi connectivity index (χ4n) is 1.94. The highest BCUT2D eigenvalue weighted by molar-refractivity contribution is 5.98. The van der Waals surface area contributed by atoms with Gasteiger partial charge in [0, 0.05) is 6.42 Å². The van der Waals surface area contributed by atoms with Gasteiger partial charge in [-0.3, -0.25) is 0 Å². The molecule has 0 fully saturated rings. The topological polar surface area (TPSA) is 59.3 Å². The molecule has 20 heavy (non-hydrogen) atoms. The van der Waals surface area contributed by atoms with Gasteiger partial charge in [0.1, 0.15) is 11.3 Å². The summed E-state index contributed by atoms with van der Waals surface area (Å²) in [6, 6.07) is 13.3. The Kier molecular flexibility index (Phi) is 4.56. The van der Waals surface area contributed by atoms with E-state index in [0.29, 0.717) is 24.2 Å². The molecule has 0 bridgehead atoms. The summed E-state index contributed by atoms with van der Waals surface area (Å²) in [7, 11) is 1.52. The highest BCUT2D eigenvalue weighted by atomic mass is 16.5. The lowest BCUT2D eigenvalue weighted by Gasteiger charge is -2.10. The number of rotatable bonds is 5. The fourth-order valence-corrected chi connectivity index (χ4v) is 1.94. The first kappa shape index (κ1) is 13.9. The summed E-state index contributed by atoms with van der Waals surface area (Å²) < 4.78 is 10.4. The normalized spacial score (nSPS) is 10.0. The first-order valence-electron chi connectivity index (χ1n) is 6.37. The second-order valence-electron chi connectivity index (χ2n) is 4.30. The standard InChI is InChI=1S/C16H15NO3/c1-19-15-11-13-7-3-2-6-12(13)10-14(15)16(18)20-9-5-4-8-17/h2-3,6-7,10-11H,4-5,9H2,1H3. The molecule has 0 radical (unpaired) electrons. The van der Waals surface area contributed by atoms with Crippen molar-refractivity contribution in [3.05, 3.63) is 42.0 Å². The summed E-state index contributed by atoms with van der Waals surface area (Å²) in [5, 5.41) is 10.4. The van der Waals surface area contributed by atoms with Crippen LogP contribution in [0.5, 0.6) is 5.75 Å². The van der Waals surface area contributed by atoms with Crippen LogP contribution >= 0.6 is 0 Å². The van der Waals surface area contributed by atoms with E-state index in [1.54, 1.807) is 6.07 Å². The maximum absolute atomic E-state index is 12.0. The van der Waals surface area contributed by atoms with Crippen molar-refractivity contribution >= 4 is 16.7 Å². The minimum absolute atomic E-state index is 0.238. The van der Waals surface area contributed by atoms with Crippen molar-refractivity contribution in [2.45, 2.75) is 12.8 Å². The second kappa shape index (κ2) is 6.58. The molecule has 0 aliphatic rings. The van der Waals surface area contributed by atoms with Gasteiger partial charge in [0.15, 0.2) is 0 Å². The van der Waals surface area contributed by atoms with Crippen LogP contribution in [0.4, 0.5) is 0 Å². The molecule has 4 heteroatoms. The first-order chi connectivity index (χ1) is 9.76. The van der Waals surface area contributed by atoms with E-state index in [0.717, 1.165) is 10.8 Å². The van der Waals surface area contributed by atoms with Crippen LogP contribution in [0, 0.1) is 11.3 Å². The van der Waals surface area contributed by atoms with Gasteiger partial charge in [0.25, 0.3) is 0 Å². The number of carbonyl (C=O) groups excluding carboxylic acids is 1. The highest BCUT2D eigenvalue weighted by Gasteiger charge is 2.14. The third-order valence-electron chi connectivity index (χ3n) is 2.95. The lowest BCUT2D eigenvalue weighted by molar-refractivity contribution is 0.0498. The van der Waals surface area contributed by atoms with E-state index in [1.807, 2.05) is 36.4 Å². The van der Waals surface area contributed by atoms with E-state index in [9.17, 15) is 4.79 Å². The summed E-state index contributed by atoms with van der Waals surface area (Å²) in [6.07, 6.45) is 0.917. The number of methoxy groups -OCH3 is 1. The maximum atomic E-state index is 12.0. The molecule has 0 aromatic heterocycles. The van der Waals surface area contributed by atoms with Crippen molar-refractivity contribution in [3.63, 3.8) is 0 Å².